The van der Waals surface area contributed by atoms with Crippen molar-refractivity contribution in [3.05, 3.63) is 34.8 Å². The third-order valence-electron chi connectivity index (χ3n) is 3.41. The van der Waals surface area contributed by atoms with Crippen LogP contribution in [0.15, 0.2) is 23.6 Å². The SMILES string of the molecule is Cc1ccc(NC(=O)C2CC2)c(-c2nc(C(F)(F)F)cs2)c1. The molecule has 1 aliphatic carbocycles. The summed E-state index contributed by atoms with van der Waals surface area (Å²) in [5, 5.41) is 4.03. The molecule has 3 nitrogen and oxygen atoms in total. The Hall–Kier alpha value is -1.89. The number of aryl methyl sites for hydroxylation is 1. The summed E-state index contributed by atoms with van der Waals surface area (Å²) in [6.07, 6.45) is -2.74. The van der Waals surface area contributed by atoms with Crippen molar-refractivity contribution in [2.24, 2.45) is 5.92 Å². The van der Waals surface area contributed by atoms with Gasteiger partial charge in [0.2, 0.25) is 5.91 Å². The molecule has 2 aromatic rings. The Balaban J connectivity index is 1.96. The van der Waals surface area contributed by atoms with E-state index in [4.69, 9.17) is 0 Å². The third-order valence-corrected chi connectivity index (χ3v) is 4.28. The number of anilines is 1. The Morgan fingerprint density at radius 3 is 2.68 bits per heavy atom. The summed E-state index contributed by atoms with van der Waals surface area (Å²) in [5.74, 6) is -0.0612. The lowest BCUT2D eigenvalue weighted by molar-refractivity contribution is -0.140. The molecule has 22 heavy (non-hydrogen) atoms. The first-order valence-electron chi connectivity index (χ1n) is 6.79. The average Bonchev–Trinajstić information content (AvgIpc) is 3.16. The molecule has 1 N–H and O–H groups in total. The summed E-state index contributed by atoms with van der Waals surface area (Å²) < 4.78 is 38.1. The van der Waals surface area contributed by atoms with E-state index in [0.29, 0.717) is 11.3 Å². The first-order chi connectivity index (χ1) is 10.3. The Bertz CT molecular complexity index is 720. The highest BCUT2D eigenvalue weighted by Crippen LogP contribution is 2.37. The number of carbonyl (C=O) groups excluding carboxylic acids is 1. The van der Waals surface area contributed by atoms with Gasteiger partial charge in [0.05, 0.1) is 5.69 Å². The predicted octanol–water partition coefficient (Wildman–Crippen LogP) is 4.49. The molecule has 116 valence electrons. The van der Waals surface area contributed by atoms with Crippen molar-refractivity contribution >= 4 is 22.9 Å². The number of hydrogen-bond donors (Lipinski definition) is 1. The number of thiazole rings is 1. The van der Waals surface area contributed by atoms with E-state index in [2.05, 4.69) is 10.3 Å². The van der Waals surface area contributed by atoms with Gasteiger partial charge < -0.3 is 5.32 Å². The van der Waals surface area contributed by atoms with Crippen LogP contribution in [0.25, 0.3) is 10.6 Å². The zero-order chi connectivity index (χ0) is 15.9. The fourth-order valence-corrected chi connectivity index (χ4v) is 2.91. The van der Waals surface area contributed by atoms with Crippen LogP contribution in [0.3, 0.4) is 0 Å². The van der Waals surface area contributed by atoms with Crippen LogP contribution in [0.4, 0.5) is 18.9 Å². The molecular weight excluding hydrogens is 313 g/mol. The maximum atomic E-state index is 12.7. The first-order valence-corrected chi connectivity index (χ1v) is 7.67. The van der Waals surface area contributed by atoms with Gasteiger partial charge in [-0.15, -0.1) is 11.3 Å². The highest BCUT2D eigenvalue weighted by atomic mass is 32.1. The highest BCUT2D eigenvalue weighted by Gasteiger charge is 2.34. The Morgan fingerprint density at radius 2 is 2.09 bits per heavy atom. The molecule has 3 rings (SSSR count). The number of aromatic nitrogens is 1. The maximum absolute atomic E-state index is 12.7. The van der Waals surface area contributed by atoms with Gasteiger partial charge in [0.25, 0.3) is 0 Å². The van der Waals surface area contributed by atoms with Crippen molar-refractivity contribution in [3.63, 3.8) is 0 Å². The largest absolute Gasteiger partial charge is 0.434 e. The molecule has 1 fully saturated rings. The van der Waals surface area contributed by atoms with E-state index < -0.39 is 11.9 Å². The van der Waals surface area contributed by atoms with Crippen LogP contribution in [0.5, 0.6) is 0 Å². The lowest BCUT2D eigenvalue weighted by Crippen LogP contribution is -2.14. The molecule has 0 unspecified atom stereocenters. The molecule has 1 aromatic carbocycles. The van der Waals surface area contributed by atoms with Gasteiger partial charge in [-0.2, -0.15) is 13.2 Å². The van der Waals surface area contributed by atoms with Gasteiger partial charge in [-0.05, 0) is 31.9 Å². The molecular formula is C15H13F3N2OS. The van der Waals surface area contributed by atoms with Gasteiger partial charge in [-0.3, -0.25) is 4.79 Å². The van der Waals surface area contributed by atoms with Gasteiger partial charge in [0.1, 0.15) is 5.01 Å². The van der Waals surface area contributed by atoms with Gasteiger partial charge in [-0.1, -0.05) is 11.6 Å². The van der Waals surface area contributed by atoms with Crippen LogP contribution in [0.2, 0.25) is 0 Å². The number of carbonyl (C=O) groups is 1. The number of nitrogens with zero attached hydrogens (tertiary/aromatic N) is 1. The minimum atomic E-state index is -4.46. The molecule has 1 heterocycles. The second-order valence-corrected chi connectivity index (χ2v) is 6.21. The van der Waals surface area contributed by atoms with Crippen LogP contribution in [-0.2, 0) is 11.0 Å². The van der Waals surface area contributed by atoms with Crippen LogP contribution in [0, 0.1) is 12.8 Å². The minimum Gasteiger partial charge on any atom is -0.325 e. The van der Waals surface area contributed by atoms with E-state index in [1.54, 1.807) is 12.1 Å². The molecule has 0 radical (unpaired) electrons. The lowest BCUT2D eigenvalue weighted by atomic mass is 10.1. The lowest BCUT2D eigenvalue weighted by Gasteiger charge is -2.10. The summed E-state index contributed by atoms with van der Waals surface area (Å²) in [6, 6.07) is 5.26. The van der Waals surface area contributed by atoms with Crippen LogP contribution in [0.1, 0.15) is 24.1 Å². The van der Waals surface area contributed by atoms with Gasteiger partial charge in [-0.25, -0.2) is 4.98 Å². The van der Waals surface area contributed by atoms with Gasteiger partial charge in [0, 0.05) is 16.9 Å². The second-order valence-electron chi connectivity index (χ2n) is 5.35. The molecule has 1 aliphatic rings. The number of hydrogen-bond acceptors (Lipinski definition) is 3. The zero-order valence-electron chi connectivity index (χ0n) is 11.7. The molecule has 0 atom stereocenters. The average molecular weight is 326 g/mol. The molecule has 1 aromatic heterocycles. The topological polar surface area (TPSA) is 42.0 Å². The second kappa shape index (κ2) is 5.39. The number of benzene rings is 1. The predicted molar refractivity (Wildman–Crippen MR) is 78.6 cm³/mol. The fourth-order valence-electron chi connectivity index (χ4n) is 2.05. The number of nitrogens with one attached hydrogen (secondary N) is 1. The van der Waals surface area contributed by atoms with Crippen LogP contribution in [-0.4, -0.2) is 10.9 Å². The van der Waals surface area contributed by atoms with E-state index in [9.17, 15) is 18.0 Å². The van der Waals surface area contributed by atoms with E-state index >= 15 is 0 Å². The Morgan fingerprint density at radius 1 is 1.36 bits per heavy atom. The smallest absolute Gasteiger partial charge is 0.325 e. The summed E-state index contributed by atoms with van der Waals surface area (Å²) in [5.41, 5.74) is 1.01. The Kier molecular flexibility index (Phi) is 3.68. The van der Waals surface area contributed by atoms with E-state index in [0.717, 1.165) is 35.1 Å². The molecule has 1 saturated carbocycles. The molecule has 0 aliphatic heterocycles. The summed E-state index contributed by atoms with van der Waals surface area (Å²) in [6.45, 7) is 1.84. The van der Waals surface area contributed by atoms with Crippen molar-refractivity contribution in [1.29, 1.82) is 0 Å². The monoisotopic (exact) mass is 326 g/mol. The standard InChI is InChI=1S/C15H13F3N2OS/c1-8-2-5-11(19-13(21)9-3-4-9)10(6-8)14-20-12(7-22-14)15(16,17)18/h2,5-7,9H,3-4H2,1H3,(H,19,21). The summed E-state index contributed by atoms with van der Waals surface area (Å²) in [7, 11) is 0. The van der Waals surface area contributed by atoms with Crippen LogP contribution < -0.4 is 5.32 Å². The molecule has 0 bridgehead atoms. The van der Waals surface area contributed by atoms with Crippen molar-refractivity contribution in [1.82, 2.24) is 4.98 Å². The normalized spacial score (nSPS) is 14.9. The number of alkyl halides is 3. The van der Waals surface area contributed by atoms with E-state index in [-0.39, 0.29) is 16.8 Å². The van der Waals surface area contributed by atoms with Gasteiger partial charge in [0.15, 0.2) is 5.69 Å². The van der Waals surface area contributed by atoms with Crippen molar-refractivity contribution in [2.45, 2.75) is 25.9 Å². The van der Waals surface area contributed by atoms with Crippen molar-refractivity contribution in [2.75, 3.05) is 5.32 Å². The fraction of sp³-hybridized carbons (Fsp3) is 0.333. The number of halogens is 3. The zero-order valence-corrected chi connectivity index (χ0v) is 12.5. The van der Waals surface area contributed by atoms with Crippen molar-refractivity contribution < 1.29 is 18.0 Å². The Labute approximate surface area is 129 Å². The minimum absolute atomic E-state index is 0.0242. The molecule has 7 heteroatoms. The van der Waals surface area contributed by atoms with E-state index in [1.165, 1.54) is 0 Å². The third kappa shape index (κ3) is 3.14. The maximum Gasteiger partial charge on any atom is 0.434 e. The van der Waals surface area contributed by atoms with E-state index in [1.807, 2.05) is 13.0 Å². The van der Waals surface area contributed by atoms with Crippen LogP contribution >= 0.6 is 11.3 Å². The quantitative estimate of drug-likeness (QED) is 0.903. The van der Waals surface area contributed by atoms with Crippen molar-refractivity contribution in [3.8, 4) is 10.6 Å². The summed E-state index contributed by atoms with van der Waals surface area (Å²) >= 11 is 0.921. The molecule has 0 spiro atoms. The summed E-state index contributed by atoms with van der Waals surface area (Å²) in [4.78, 5) is 15.6. The molecule has 0 saturated heterocycles. The highest BCUT2D eigenvalue weighted by molar-refractivity contribution is 7.13. The van der Waals surface area contributed by atoms with Gasteiger partial charge >= 0.3 is 6.18 Å². The molecule has 1 amide bonds. The number of amides is 1. The number of rotatable bonds is 3. The first kappa shape index (κ1) is 15.0.